The fraction of sp³-hybridized carbons (Fsp3) is 0.200. The SMILES string of the molecule is Cn1c(C(=O)Nc2ccc(S(=O)(=O)NC(=O)C(C)(C)O)cc2)cc2cc(F)c(Cl)cc21. The predicted octanol–water partition coefficient (Wildman–Crippen LogP) is 2.80. The van der Waals surface area contributed by atoms with E-state index < -0.39 is 33.3 Å². The normalized spacial score (nSPS) is 12.1. The van der Waals surface area contributed by atoms with Crippen molar-refractivity contribution in [3.63, 3.8) is 0 Å². The molecule has 0 bridgehead atoms. The van der Waals surface area contributed by atoms with Crippen molar-refractivity contribution in [2.75, 3.05) is 5.32 Å². The molecule has 2 aromatic carbocycles. The minimum Gasteiger partial charge on any atom is -0.381 e. The van der Waals surface area contributed by atoms with Crippen LogP contribution in [0.3, 0.4) is 0 Å². The molecule has 0 saturated heterocycles. The number of aryl methyl sites for hydroxylation is 1. The summed E-state index contributed by atoms with van der Waals surface area (Å²) in [6, 6.07) is 9.26. The number of carbonyl (C=O) groups is 2. The fourth-order valence-corrected chi connectivity index (χ4v) is 4.03. The van der Waals surface area contributed by atoms with Crippen LogP contribution in [-0.2, 0) is 21.9 Å². The summed E-state index contributed by atoms with van der Waals surface area (Å²) in [4.78, 5) is 24.2. The lowest BCUT2D eigenvalue weighted by molar-refractivity contribution is -0.134. The Hall–Kier alpha value is -2.95. The third-order valence-corrected chi connectivity index (χ3v) is 6.16. The molecule has 11 heteroatoms. The number of nitrogens with one attached hydrogen (secondary N) is 2. The van der Waals surface area contributed by atoms with E-state index in [1.54, 1.807) is 16.3 Å². The van der Waals surface area contributed by atoms with Gasteiger partial charge in [-0.15, -0.1) is 0 Å². The molecule has 31 heavy (non-hydrogen) atoms. The van der Waals surface area contributed by atoms with Crippen LogP contribution in [0.5, 0.6) is 0 Å². The third kappa shape index (κ3) is 4.71. The largest absolute Gasteiger partial charge is 0.381 e. The number of halogens is 2. The monoisotopic (exact) mass is 467 g/mol. The standard InChI is InChI=1S/C20H19ClFN3O5S/c1-20(2,28)19(27)24-31(29,30)13-6-4-12(5-7-13)23-18(26)17-9-11-8-15(22)14(21)10-16(11)25(17)3/h4-10,28H,1-3H3,(H,23,26)(H,24,27). The molecule has 0 aliphatic carbocycles. The lowest BCUT2D eigenvalue weighted by atomic mass is 10.1. The second-order valence-corrected chi connectivity index (χ2v) is 9.48. The fourth-order valence-electron chi connectivity index (χ4n) is 2.77. The zero-order chi connectivity index (χ0) is 23.1. The van der Waals surface area contributed by atoms with E-state index in [9.17, 15) is 27.5 Å². The first-order chi connectivity index (χ1) is 14.3. The summed E-state index contributed by atoms with van der Waals surface area (Å²) >= 11 is 5.81. The summed E-state index contributed by atoms with van der Waals surface area (Å²) in [6.45, 7) is 2.32. The summed E-state index contributed by atoms with van der Waals surface area (Å²) in [5, 5.41) is 12.7. The van der Waals surface area contributed by atoms with Gasteiger partial charge in [0.2, 0.25) is 0 Å². The highest BCUT2D eigenvalue weighted by atomic mass is 35.5. The maximum atomic E-state index is 13.7. The zero-order valence-corrected chi connectivity index (χ0v) is 18.3. The van der Waals surface area contributed by atoms with Gasteiger partial charge in [0.25, 0.3) is 21.8 Å². The molecule has 0 aliphatic heterocycles. The van der Waals surface area contributed by atoms with Crippen LogP contribution in [-0.4, -0.2) is 35.5 Å². The first-order valence-corrected chi connectivity index (χ1v) is 10.8. The molecule has 8 nitrogen and oxygen atoms in total. The van der Waals surface area contributed by atoms with Gasteiger partial charge in [0.05, 0.1) is 15.4 Å². The number of benzene rings is 2. The summed E-state index contributed by atoms with van der Waals surface area (Å²) < 4.78 is 41.6. The van der Waals surface area contributed by atoms with Crippen LogP contribution in [0.25, 0.3) is 10.9 Å². The van der Waals surface area contributed by atoms with E-state index in [1.807, 2.05) is 0 Å². The molecule has 2 amide bonds. The molecule has 164 valence electrons. The highest BCUT2D eigenvalue weighted by Crippen LogP contribution is 2.26. The van der Waals surface area contributed by atoms with Crippen LogP contribution >= 0.6 is 11.6 Å². The Morgan fingerprint density at radius 1 is 1.13 bits per heavy atom. The number of nitrogens with zero attached hydrogens (tertiary/aromatic N) is 1. The van der Waals surface area contributed by atoms with Crippen LogP contribution in [0, 0.1) is 5.82 Å². The number of carbonyl (C=O) groups excluding carboxylic acids is 2. The summed E-state index contributed by atoms with van der Waals surface area (Å²) in [5.41, 5.74) is -0.759. The van der Waals surface area contributed by atoms with Crippen LogP contribution in [0.2, 0.25) is 5.02 Å². The quantitative estimate of drug-likeness (QED) is 0.533. The van der Waals surface area contributed by atoms with E-state index in [4.69, 9.17) is 11.6 Å². The minimum atomic E-state index is -4.20. The number of sulfonamides is 1. The van der Waals surface area contributed by atoms with Crippen molar-refractivity contribution in [3.8, 4) is 0 Å². The van der Waals surface area contributed by atoms with Crippen molar-refractivity contribution in [1.82, 2.24) is 9.29 Å². The smallest absolute Gasteiger partial charge is 0.272 e. The molecule has 0 fully saturated rings. The molecule has 0 aliphatic rings. The van der Waals surface area contributed by atoms with Crippen molar-refractivity contribution < 1.29 is 27.5 Å². The first-order valence-electron chi connectivity index (χ1n) is 8.95. The van der Waals surface area contributed by atoms with Crippen molar-refractivity contribution >= 4 is 50.0 Å². The third-order valence-electron chi connectivity index (χ3n) is 4.52. The topological polar surface area (TPSA) is 118 Å². The number of amides is 2. The van der Waals surface area contributed by atoms with Gasteiger partial charge in [-0.2, -0.15) is 0 Å². The Kier molecular flexibility index (Phi) is 5.83. The molecular weight excluding hydrogens is 449 g/mol. The molecule has 0 unspecified atom stereocenters. The average Bonchev–Trinajstić information content (AvgIpc) is 2.97. The zero-order valence-electron chi connectivity index (χ0n) is 16.7. The molecule has 1 heterocycles. The number of fused-ring (bicyclic) bond motifs is 1. The van der Waals surface area contributed by atoms with Crippen LogP contribution in [0.4, 0.5) is 10.1 Å². The number of aliphatic hydroxyl groups is 1. The Morgan fingerprint density at radius 3 is 2.32 bits per heavy atom. The maximum Gasteiger partial charge on any atom is 0.272 e. The first kappa shape index (κ1) is 22.7. The Bertz CT molecular complexity index is 1300. The number of anilines is 1. The molecule has 0 saturated carbocycles. The Labute approximate surface area is 182 Å². The van der Waals surface area contributed by atoms with Crippen LogP contribution in [0.1, 0.15) is 24.3 Å². The number of rotatable bonds is 5. The molecule has 3 aromatic rings. The van der Waals surface area contributed by atoms with Gasteiger partial charge in [-0.3, -0.25) is 9.59 Å². The number of hydrogen-bond donors (Lipinski definition) is 3. The molecule has 0 spiro atoms. The Morgan fingerprint density at radius 2 is 1.74 bits per heavy atom. The highest BCUT2D eigenvalue weighted by molar-refractivity contribution is 7.90. The molecule has 1 aromatic heterocycles. The second-order valence-electron chi connectivity index (χ2n) is 7.39. The molecule has 0 atom stereocenters. The van der Waals surface area contributed by atoms with E-state index in [1.165, 1.54) is 42.5 Å². The van der Waals surface area contributed by atoms with E-state index in [0.29, 0.717) is 16.6 Å². The lowest BCUT2D eigenvalue weighted by Crippen LogP contribution is -2.44. The summed E-state index contributed by atoms with van der Waals surface area (Å²) in [5.74, 6) is -2.17. The van der Waals surface area contributed by atoms with Gasteiger partial charge >= 0.3 is 0 Å². The van der Waals surface area contributed by atoms with E-state index in [2.05, 4.69) is 5.32 Å². The van der Waals surface area contributed by atoms with E-state index >= 15 is 0 Å². The summed E-state index contributed by atoms with van der Waals surface area (Å²) in [6.07, 6.45) is 0. The van der Waals surface area contributed by atoms with Gasteiger partial charge < -0.3 is 15.0 Å². The average molecular weight is 468 g/mol. The van der Waals surface area contributed by atoms with E-state index in [0.717, 1.165) is 13.8 Å². The van der Waals surface area contributed by atoms with Gasteiger partial charge in [0.15, 0.2) is 0 Å². The molecule has 0 radical (unpaired) electrons. The van der Waals surface area contributed by atoms with Gasteiger partial charge in [0, 0.05) is 18.1 Å². The number of hydrogen-bond acceptors (Lipinski definition) is 5. The predicted molar refractivity (Wildman–Crippen MR) is 114 cm³/mol. The van der Waals surface area contributed by atoms with Crippen molar-refractivity contribution in [2.45, 2.75) is 24.3 Å². The van der Waals surface area contributed by atoms with E-state index in [-0.39, 0.29) is 15.6 Å². The van der Waals surface area contributed by atoms with Gasteiger partial charge in [-0.25, -0.2) is 17.5 Å². The van der Waals surface area contributed by atoms with Crippen molar-refractivity contribution in [2.24, 2.45) is 7.05 Å². The maximum absolute atomic E-state index is 13.7. The molecule has 3 N–H and O–H groups in total. The van der Waals surface area contributed by atoms with Gasteiger partial charge in [-0.05, 0) is 56.3 Å². The van der Waals surface area contributed by atoms with Crippen LogP contribution in [0.15, 0.2) is 47.4 Å². The highest BCUT2D eigenvalue weighted by Gasteiger charge is 2.28. The molecule has 3 rings (SSSR count). The van der Waals surface area contributed by atoms with Gasteiger partial charge in [0.1, 0.15) is 17.1 Å². The van der Waals surface area contributed by atoms with Crippen molar-refractivity contribution in [3.05, 3.63) is 59.0 Å². The van der Waals surface area contributed by atoms with Gasteiger partial charge in [-0.1, -0.05) is 11.6 Å². The lowest BCUT2D eigenvalue weighted by Gasteiger charge is -2.16. The Balaban J connectivity index is 1.80. The molecular formula is C20H19ClFN3O5S. The second kappa shape index (κ2) is 7.95. The van der Waals surface area contributed by atoms with Crippen molar-refractivity contribution in [1.29, 1.82) is 0 Å². The number of aromatic nitrogens is 1. The summed E-state index contributed by atoms with van der Waals surface area (Å²) in [7, 11) is -2.57. The minimum absolute atomic E-state index is 0.0610. The van der Waals surface area contributed by atoms with Crippen LogP contribution < -0.4 is 10.0 Å².